The molecule has 0 aromatic rings. The Kier molecular flexibility index (Phi) is 4.48. The monoisotopic (exact) mass is 238 g/mol. The molecule has 1 aliphatic carbocycles. The van der Waals surface area contributed by atoms with Gasteiger partial charge < -0.3 is 10.6 Å². The van der Waals surface area contributed by atoms with Gasteiger partial charge in [0.2, 0.25) is 0 Å². The number of nitrogens with two attached hydrogens (primary N) is 1. The van der Waals surface area contributed by atoms with Crippen LogP contribution in [0.15, 0.2) is 0 Å². The molecule has 1 saturated carbocycles. The Morgan fingerprint density at radius 3 is 2.24 bits per heavy atom. The third-order valence-corrected chi connectivity index (χ3v) is 4.96. The Morgan fingerprint density at radius 1 is 1.12 bits per heavy atom. The van der Waals surface area contributed by atoms with Crippen LogP contribution in [0.25, 0.3) is 0 Å². The predicted octanol–water partition coefficient (Wildman–Crippen LogP) is 3.02. The molecule has 0 aromatic carbocycles. The van der Waals surface area contributed by atoms with Crippen LogP contribution in [0.2, 0.25) is 0 Å². The van der Waals surface area contributed by atoms with E-state index in [1.807, 2.05) is 0 Å². The summed E-state index contributed by atoms with van der Waals surface area (Å²) in [6.07, 6.45) is 9.35. The summed E-state index contributed by atoms with van der Waals surface area (Å²) in [6, 6.07) is 0. The quantitative estimate of drug-likeness (QED) is 0.819. The van der Waals surface area contributed by atoms with E-state index >= 15 is 0 Å². The molecule has 0 amide bonds. The zero-order chi connectivity index (χ0) is 12.3. The summed E-state index contributed by atoms with van der Waals surface area (Å²) in [4.78, 5) is 2.63. The van der Waals surface area contributed by atoms with E-state index in [9.17, 15) is 0 Å². The highest BCUT2D eigenvalue weighted by atomic mass is 15.2. The van der Waals surface area contributed by atoms with Crippen LogP contribution in [0.5, 0.6) is 0 Å². The topological polar surface area (TPSA) is 29.3 Å². The van der Waals surface area contributed by atoms with Crippen molar-refractivity contribution in [3.8, 4) is 0 Å². The molecule has 2 heteroatoms. The molecule has 2 fully saturated rings. The van der Waals surface area contributed by atoms with Crippen molar-refractivity contribution in [2.45, 2.75) is 64.3 Å². The van der Waals surface area contributed by atoms with Gasteiger partial charge in [0.05, 0.1) is 0 Å². The van der Waals surface area contributed by atoms with Crippen LogP contribution in [0.3, 0.4) is 0 Å². The van der Waals surface area contributed by atoms with Gasteiger partial charge in [0, 0.05) is 12.1 Å². The third-order valence-electron chi connectivity index (χ3n) is 4.96. The SMILES string of the molecule is CC(C)C1CCN(CC2(N)CCCCC2)CC1. The minimum atomic E-state index is 0.142. The van der Waals surface area contributed by atoms with Crippen molar-refractivity contribution >= 4 is 0 Å². The maximum Gasteiger partial charge on any atom is 0.0283 e. The van der Waals surface area contributed by atoms with Gasteiger partial charge in [-0.2, -0.15) is 0 Å². The summed E-state index contributed by atoms with van der Waals surface area (Å²) in [5, 5.41) is 0. The highest BCUT2D eigenvalue weighted by Gasteiger charge is 2.31. The van der Waals surface area contributed by atoms with Crippen molar-refractivity contribution < 1.29 is 0 Å². The molecule has 1 saturated heterocycles. The minimum absolute atomic E-state index is 0.142. The van der Waals surface area contributed by atoms with E-state index in [-0.39, 0.29) is 5.54 Å². The van der Waals surface area contributed by atoms with E-state index in [1.54, 1.807) is 0 Å². The van der Waals surface area contributed by atoms with Gasteiger partial charge in [-0.3, -0.25) is 0 Å². The second-order valence-electron chi connectivity index (χ2n) is 6.78. The average Bonchev–Trinajstić information content (AvgIpc) is 2.30. The van der Waals surface area contributed by atoms with Gasteiger partial charge in [-0.05, 0) is 50.6 Å². The fraction of sp³-hybridized carbons (Fsp3) is 1.00. The molecule has 0 bridgehead atoms. The summed E-state index contributed by atoms with van der Waals surface area (Å²) in [7, 11) is 0. The van der Waals surface area contributed by atoms with Crippen LogP contribution < -0.4 is 5.73 Å². The maximum atomic E-state index is 6.54. The molecule has 2 aliphatic rings. The van der Waals surface area contributed by atoms with Gasteiger partial charge in [-0.15, -0.1) is 0 Å². The largest absolute Gasteiger partial charge is 0.324 e. The Hall–Kier alpha value is -0.0800. The second-order valence-corrected chi connectivity index (χ2v) is 6.78. The van der Waals surface area contributed by atoms with E-state index in [1.165, 1.54) is 58.0 Å². The number of piperidine rings is 1. The molecule has 0 radical (unpaired) electrons. The van der Waals surface area contributed by atoms with Crippen molar-refractivity contribution in [3.05, 3.63) is 0 Å². The lowest BCUT2D eigenvalue weighted by Crippen LogP contribution is -2.53. The lowest BCUT2D eigenvalue weighted by Gasteiger charge is -2.41. The van der Waals surface area contributed by atoms with Crippen molar-refractivity contribution in [1.82, 2.24) is 4.90 Å². The Morgan fingerprint density at radius 2 is 1.71 bits per heavy atom. The summed E-state index contributed by atoms with van der Waals surface area (Å²) in [6.45, 7) is 8.44. The number of rotatable bonds is 3. The summed E-state index contributed by atoms with van der Waals surface area (Å²) >= 11 is 0. The molecule has 0 aromatic heterocycles. The van der Waals surface area contributed by atoms with Crippen molar-refractivity contribution in [3.63, 3.8) is 0 Å². The third kappa shape index (κ3) is 3.69. The zero-order valence-corrected chi connectivity index (χ0v) is 11.8. The molecular formula is C15H30N2. The Labute approximate surface area is 107 Å². The molecular weight excluding hydrogens is 208 g/mol. The lowest BCUT2D eigenvalue weighted by atomic mass is 9.81. The number of hydrogen-bond donors (Lipinski definition) is 1. The Bertz CT molecular complexity index is 223. The highest BCUT2D eigenvalue weighted by Crippen LogP contribution is 2.29. The van der Waals surface area contributed by atoms with E-state index in [0.29, 0.717) is 0 Å². The smallest absolute Gasteiger partial charge is 0.0283 e. The standard InChI is InChI=1S/C15H30N2/c1-13(2)14-6-10-17(11-7-14)12-15(16)8-4-3-5-9-15/h13-14H,3-12,16H2,1-2H3. The van der Waals surface area contributed by atoms with E-state index in [4.69, 9.17) is 5.73 Å². The number of nitrogens with zero attached hydrogens (tertiary/aromatic N) is 1. The zero-order valence-electron chi connectivity index (χ0n) is 11.8. The first-order chi connectivity index (χ1) is 8.09. The van der Waals surface area contributed by atoms with E-state index < -0.39 is 0 Å². The van der Waals surface area contributed by atoms with Crippen molar-refractivity contribution in [2.75, 3.05) is 19.6 Å². The fourth-order valence-electron chi connectivity index (χ4n) is 3.64. The van der Waals surface area contributed by atoms with E-state index in [0.717, 1.165) is 18.4 Å². The van der Waals surface area contributed by atoms with Gasteiger partial charge in [0.1, 0.15) is 0 Å². The van der Waals surface area contributed by atoms with E-state index in [2.05, 4.69) is 18.7 Å². The molecule has 17 heavy (non-hydrogen) atoms. The number of hydrogen-bond acceptors (Lipinski definition) is 2. The minimum Gasteiger partial charge on any atom is -0.324 e. The molecule has 2 nitrogen and oxygen atoms in total. The molecule has 0 atom stereocenters. The second kappa shape index (κ2) is 5.71. The summed E-state index contributed by atoms with van der Waals surface area (Å²) < 4.78 is 0. The van der Waals surface area contributed by atoms with Crippen LogP contribution in [0.4, 0.5) is 0 Å². The first kappa shape index (κ1) is 13.4. The van der Waals surface area contributed by atoms with Crippen LogP contribution in [-0.4, -0.2) is 30.1 Å². The summed E-state index contributed by atoms with van der Waals surface area (Å²) in [5.41, 5.74) is 6.68. The normalized spacial score (nSPS) is 27.5. The number of likely N-dealkylation sites (tertiary alicyclic amines) is 1. The molecule has 100 valence electrons. The molecule has 1 heterocycles. The lowest BCUT2D eigenvalue weighted by molar-refractivity contribution is 0.115. The first-order valence-corrected chi connectivity index (χ1v) is 7.60. The van der Waals surface area contributed by atoms with Crippen LogP contribution >= 0.6 is 0 Å². The average molecular weight is 238 g/mol. The first-order valence-electron chi connectivity index (χ1n) is 7.60. The van der Waals surface area contributed by atoms with Crippen molar-refractivity contribution in [1.29, 1.82) is 0 Å². The van der Waals surface area contributed by atoms with Gasteiger partial charge in [-0.1, -0.05) is 33.1 Å². The molecule has 2 rings (SSSR count). The molecule has 0 spiro atoms. The molecule has 0 unspecified atom stereocenters. The van der Waals surface area contributed by atoms with Gasteiger partial charge in [0.25, 0.3) is 0 Å². The molecule has 2 N–H and O–H groups in total. The maximum absolute atomic E-state index is 6.54. The predicted molar refractivity (Wildman–Crippen MR) is 74.0 cm³/mol. The van der Waals surface area contributed by atoms with Gasteiger partial charge in [-0.25, -0.2) is 0 Å². The highest BCUT2D eigenvalue weighted by molar-refractivity contribution is 4.91. The van der Waals surface area contributed by atoms with Crippen LogP contribution in [0.1, 0.15) is 58.8 Å². The summed E-state index contributed by atoms with van der Waals surface area (Å²) in [5.74, 6) is 1.81. The van der Waals surface area contributed by atoms with Crippen molar-refractivity contribution in [2.24, 2.45) is 17.6 Å². The Balaban J connectivity index is 1.77. The van der Waals surface area contributed by atoms with Gasteiger partial charge >= 0.3 is 0 Å². The fourth-order valence-corrected chi connectivity index (χ4v) is 3.64. The molecule has 1 aliphatic heterocycles. The van der Waals surface area contributed by atoms with Crippen LogP contribution in [-0.2, 0) is 0 Å². The van der Waals surface area contributed by atoms with Gasteiger partial charge in [0.15, 0.2) is 0 Å². The van der Waals surface area contributed by atoms with Crippen LogP contribution in [0, 0.1) is 11.8 Å².